The molecule has 0 radical (unpaired) electrons. The fourth-order valence-corrected chi connectivity index (χ4v) is 2.61. The van der Waals surface area contributed by atoms with Crippen LogP contribution < -0.4 is 0 Å². The lowest BCUT2D eigenvalue weighted by Crippen LogP contribution is -2.47. The van der Waals surface area contributed by atoms with Gasteiger partial charge in [0.15, 0.2) is 0 Å². The average Bonchev–Trinajstić information content (AvgIpc) is 2.02. The number of aliphatic hydroxyl groups is 1. The van der Waals surface area contributed by atoms with E-state index in [0.29, 0.717) is 11.8 Å². The monoisotopic (exact) mass is 184 g/mol. The van der Waals surface area contributed by atoms with Crippen LogP contribution in [0.25, 0.3) is 0 Å². The maximum Gasteiger partial charge on any atom is 0.0677 e. The Balaban J connectivity index is 1.94. The molecule has 1 aliphatic heterocycles. The standard InChI is InChI=1S/C11H20O2/c1-11(12,9-3-2-4-9)10-5-7-13-8-6-10/h9-10,12H,2-8H2,1H3. The van der Waals surface area contributed by atoms with E-state index in [2.05, 4.69) is 0 Å². The molecule has 1 heterocycles. The van der Waals surface area contributed by atoms with E-state index < -0.39 is 5.60 Å². The van der Waals surface area contributed by atoms with Crippen molar-refractivity contribution in [3.63, 3.8) is 0 Å². The summed E-state index contributed by atoms with van der Waals surface area (Å²) in [5.41, 5.74) is -0.415. The van der Waals surface area contributed by atoms with Gasteiger partial charge in [0.1, 0.15) is 0 Å². The summed E-state index contributed by atoms with van der Waals surface area (Å²) in [6, 6.07) is 0. The lowest BCUT2D eigenvalue weighted by atomic mass is 9.66. The van der Waals surface area contributed by atoms with Crippen LogP contribution in [0, 0.1) is 11.8 Å². The molecule has 1 aliphatic carbocycles. The van der Waals surface area contributed by atoms with Gasteiger partial charge in [0.2, 0.25) is 0 Å². The van der Waals surface area contributed by atoms with Crippen molar-refractivity contribution in [2.24, 2.45) is 11.8 Å². The minimum absolute atomic E-state index is 0.415. The molecular formula is C11H20O2. The second-order valence-electron chi connectivity index (χ2n) is 4.74. The molecule has 0 amide bonds. The Labute approximate surface area is 80.3 Å². The van der Waals surface area contributed by atoms with Crippen LogP contribution in [0.1, 0.15) is 39.0 Å². The van der Waals surface area contributed by atoms with Crippen LogP contribution in [0.4, 0.5) is 0 Å². The van der Waals surface area contributed by atoms with Crippen LogP contribution >= 0.6 is 0 Å². The first kappa shape index (κ1) is 9.47. The van der Waals surface area contributed by atoms with Crippen molar-refractivity contribution in [1.29, 1.82) is 0 Å². The molecule has 76 valence electrons. The van der Waals surface area contributed by atoms with Gasteiger partial charge >= 0.3 is 0 Å². The molecule has 0 aromatic carbocycles. The molecule has 0 aromatic heterocycles. The van der Waals surface area contributed by atoms with E-state index in [1.165, 1.54) is 19.3 Å². The van der Waals surface area contributed by atoms with Gasteiger partial charge in [-0.25, -0.2) is 0 Å². The van der Waals surface area contributed by atoms with Crippen LogP contribution in [-0.2, 0) is 4.74 Å². The molecule has 0 spiro atoms. The van der Waals surface area contributed by atoms with Gasteiger partial charge < -0.3 is 9.84 Å². The van der Waals surface area contributed by atoms with Gasteiger partial charge in [0, 0.05) is 13.2 Å². The lowest BCUT2D eigenvalue weighted by molar-refractivity contribution is -0.110. The van der Waals surface area contributed by atoms with Crippen molar-refractivity contribution in [2.45, 2.75) is 44.6 Å². The summed E-state index contributed by atoms with van der Waals surface area (Å²) < 4.78 is 5.32. The summed E-state index contributed by atoms with van der Waals surface area (Å²) in [7, 11) is 0. The molecule has 1 atom stereocenters. The minimum Gasteiger partial charge on any atom is -0.390 e. The summed E-state index contributed by atoms with van der Waals surface area (Å²) >= 11 is 0. The predicted octanol–water partition coefficient (Wildman–Crippen LogP) is 1.96. The third kappa shape index (κ3) is 1.75. The summed E-state index contributed by atoms with van der Waals surface area (Å²) in [6.07, 6.45) is 5.85. The number of ether oxygens (including phenoxy) is 1. The number of rotatable bonds is 2. The lowest BCUT2D eigenvalue weighted by Gasteiger charge is -2.45. The zero-order valence-electron chi connectivity index (χ0n) is 8.46. The van der Waals surface area contributed by atoms with Crippen LogP contribution in [0.15, 0.2) is 0 Å². The van der Waals surface area contributed by atoms with Gasteiger partial charge in [0.05, 0.1) is 5.60 Å². The highest BCUT2D eigenvalue weighted by Crippen LogP contribution is 2.42. The summed E-state index contributed by atoms with van der Waals surface area (Å²) in [6.45, 7) is 3.72. The zero-order valence-corrected chi connectivity index (χ0v) is 8.46. The van der Waals surface area contributed by atoms with Gasteiger partial charge in [-0.15, -0.1) is 0 Å². The first-order valence-electron chi connectivity index (χ1n) is 5.51. The normalized spacial score (nSPS) is 30.9. The van der Waals surface area contributed by atoms with Crippen molar-refractivity contribution in [2.75, 3.05) is 13.2 Å². The van der Waals surface area contributed by atoms with Gasteiger partial charge in [-0.2, -0.15) is 0 Å². The van der Waals surface area contributed by atoms with Crippen LogP contribution in [0.2, 0.25) is 0 Å². The minimum atomic E-state index is -0.415. The highest BCUT2D eigenvalue weighted by molar-refractivity contribution is 4.93. The van der Waals surface area contributed by atoms with E-state index in [1.54, 1.807) is 0 Å². The molecule has 2 heteroatoms. The molecule has 2 aliphatic rings. The Kier molecular flexibility index (Phi) is 2.61. The largest absolute Gasteiger partial charge is 0.390 e. The van der Waals surface area contributed by atoms with Crippen molar-refractivity contribution >= 4 is 0 Å². The van der Waals surface area contributed by atoms with E-state index in [-0.39, 0.29) is 0 Å². The van der Waals surface area contributed by atoms with Crippen molar-refractivity contribution in [3.05, 3.63) is 0 Å². The molecule has 1 N–H and O–H groups in total. The summed E-state index contributed by atoms with van der Waals surface area (Å²) in [5, 5.41) is 10.4. The zero-order chi connectivity index (χ0) is 9.31. The molecule has 2 nitrogen and oxygen atoms in total. The number of hydrogen-bond acceptors (Lipinski definition) is 2. The molecule has 13 heavy (non-hydrogen) atoms. The van der Waals surface area contributed by atoms with E-state index in [1.807, 2.05) is 6.92 Å². The van der Waals surface area contributed by atoms with Gasteiger partial charge in [-0.05, 0) is 44.4 Å². The van der Waals surface area contributed by atoms with E-state index in [9.17, 15) is 5.11 Å². The van der Waals surface area contributed by atoms with Crippen LogP contribution in [0.3, 0.4) is 0 Å². The molecular weight excluding hydrogens is 164 g/mol. The average molecular weight is 184 g/mol. The van der Waals surface area contributed by atoms with E-state index in [4.69, 9.17) is 4.74 Å². The molecule has 1 unspecified atom stereocenters. The predicted molar refractivity (Wildman–Crippen MR) is 51.5 cm³/mol. The Bertz CT molecular complexity index is 167. The molecule has 1 saturated carbocycles. The Morgan fingerprint density at radius 2 is 1.62 bits per heavy atom. The highest BCUT2D eigenvalue weighted by atomic mass is 16.5. The third-order valence-electron chi connectivity index (χ3n) is 3.98. The van der Waals surface area contributed by atoms with Crippen LogP contribution in [-0.4, -0.2) is 23.9 Å². The Morgan fingerprint density at radius 3 is 2.08 bits per heavy atom. The van der Waals surface area contributed by atoms with Crippen molar-refractivity contribution < 1.29 is 9.84 Å². The van der Waals surface area contributed by atoms with E-state index in [0.717, 1.165) is 26.1 Å². The topological polar surface area (TPSA) is 29.5 Å². The Hall–Kier alpha value is -0.0800. The first-order chi connectivity index (χ1) is 6.21. The smallest absolute Gasteiger partial charge is 0.0677 e. The summed E-state index contributed by atoms with van der Waals surface area (Å²) in [5.74, 6) is 1.04. The van der Waals surface area contributed by atoms with Gasteiger partial charge in [-0.1, -0.05) is 6.42 Å². The molecule has 0 aromatic rings. The SMILES string of the molecule is CC(O)(C1CCC1)C1CCOCC1. The molecule has 2 rings (SSSR count). The number of hydrogen-bond donors (Lipinski definition) is 1. The maximum absolute atomic E-state index is 10.4. The molecule has 2 fully saturated rings. The fourth-order valence-electron chi connectivity index (χ4n) is 2.61. The van der Waals surface area contributed by atoms with Crippen LogP contribution in [0.5, 0.6) is 0 Å². The Morgan fingerprint density at radius 1 is 1.08 bits per heavy atom. The molecule has 0 bridgehead atoms. The fraction of sp³-hybridized carbons (Fsp3) is 1.00. The van der Waals surface area contributed by atoms with E-state index >= 15 is 0 Å². The molecule has 1 saturated heterocycles. The van der Waals surface area contributed by atoms with Gasteiger partial charge in [0.25, 0.3) is 0 Å². The first-order valence-corrected chi connectivity index (χ1v) is 5.51. The quantitative estimate of drug-likeness (QED) is 0.711. The summed E-state index contributed by atoms with van der Waals surface area (Å²) in [4.78, 5) is 0. The third-order valence-corrected chi connectivity index (χ3v) is 3.98. The van der Waals surface area contributed by atoms with Crippen molar-refractivity contribution in [1.82, 2.24) is 0 Å². The van der Waals surface area contributed by atoms with Gasteiger partial charge in [-0.3, -0.25) is 0 Å². The highest BCUT2D eigenvalue weighted by Gasteiger charge is 2.42. The second-order valence-corrected chi connectivity index (χ2v) is 4.74. The maximum atomic E-state index is 10.4. The second kappa shape index (κ2) is 3.58. The van der Waals surface area contributed by atoms with Crippen molar-refractivity contribution in [3.8, 4) is 0 Å².